The molecule has 0 amide bonds. The molecule has 4 aromatic rings. The van der Waals surface area contributed by atoms with Gasteiger partial charge in [0, 0.05) is 27.1 Å². The normalized spacial score (nSPS) is 12.0. The Labute approximate surface area is 313 Å². The molecule has 0 bridgehead atoms. The molecule has 6 nitrogen and oxygen atoms in total. The second kappa shape index (κ2) is 15.3. The maximum absolute atomic E-state index is 12.9. The van der Waals surface area contributed by atoms with Crippen LogP contribution in [0.3, 0.4) is 0 Å². The summed E-state index contributed by atoms with van der Waals surface area (Å²) in [7, 11) is 0. The number of hydrogen-bond donors (Lipinski definition) is 0. The van der Waals surface area contributed by atoms with Crippen molar-refractivity contribution >= 4 is 46.0 Å². The monoisotopic (exact) mass is 743 g/mol. The summed E-state index contributed by atoms with van der Waals surface area (Å²) in [6.07, 6.45) is 0. The van der Waals surface area contributed by atoms with Crippen LogP contribution >= 0.6 is 23.2 Å². The summed E-state index contributed by atoms with van der Waals surface area (Å²) >= 11 is 11.9. The quantitative estimate of drug-likeness (QED) is 0.193. The van der Waals surface area contributed by atoms with Crippen LogP contribution in [0.15, 0.2) is 60.7 Å². The minimum atomic E-state index is -0.308. The van der Waals surface area contributed by atoms with Gasteiger partial charge in [0.2, 0.25) is 0 Å². The molecule has 0 aliphatic rings. The third-order valence-corrected chi connectivity index (χ3v) is 8.28. The van der Waals surface area contributed by atoms with Crippen LogP contribution in [0.2, 0.25) is 10.0 Å². The van der Waals surface area contributed by atoms with Gasteiger partial charge in [-0.15, -0.1) is 45.7 Å². The summed E-state index contributed by atoms with van der Waals surface area (Å²) in [5.41, 5.74) is 3.48. The van der Waals surface area contributed by atoms with Crippen molar-refractivity contribution in [3.8, 4) is 23.0 Å². The first kappa shape index (κ1) is 41.9. The minimum Gasteiger partial charge on any atom is -0.873 e. The summed E-state index contributed by atoms with van der Waals surface area (Å²) in [6.45, 7) is 24.5. The molecule has 0 saturated heterocycles. The van der Waals surface area contributed by atoms with E-state index in [1.165, 1.54) is 36.4 Å². The van der Waals surface area contributed by atoms with E-state index in [0.29, 0.717) is 21.2 Å². The Morgan fingerprint density at radius 2 is 0.735 bits per heavy atom. The Hall–Kier alpha value is -3.22. The average Bonchev–Trinajstić information content (AvgIpc) is 2.92. The Morgan fingerprint density at radius 3 is 1.00 bits per heavy atom. The molecule has 0 spiro atoms. The molecule has 0 saturated carbocycles. The van der Waals surface area contributed by atoms with Crippen molar-refractivity contribution in [3.05, 3.63) is 104 Å². The maximum atomic E-state index is 12.9. The van der Waals surface area contributed by atoms with Crippen molar-refractivity contribution in [1.82, 2.24) is 0 Å². The summed E-state index contributed by atoms with van der Waals surface area (Å²) in [6, 6.07) is 16.2. The van der Waals surface area contributed by atoms with Gasteiger partial charge in [0.1, 0.15) is 0 Å². The molecule has 4 rings (SSSR count). The molecule has 4 aromatic carbocycles. The van der Waals surface area contributed by atoms with Crippen molar-refractivity contribution < 1.29 is 37.5 Å². The first-order chi connectivity index (χ1) is 21.8. The van der Waals surface area contributed by atoms with Gasteiger partial charge in [-0.1, -0.05) is 166 Å². The molecular weight excluding hydrogens is 698 g/mol. The maximum Gasteiger partial charge on any atom is 0.0393 e. The van der Waals surface area contributed by atoms with Crippen LogP contribution in [-0.2, 0) is 38.7 Å². The van der Waals surface area contributed by atoms with Crippen LogP contribution in [0.5, 0.6) is 23.0 Å². The van der Waals surface area contributed by atoms with E-state index < -0.39 is 0 Å². The van der Waals surface area contributed by atoms with Crippen LogP contribution in [0, 0.1) is 0 Å². The number of halogens is 2. The topological polar surface area (TPSA) is 120 Å². The summed E-state index contributed by atoms with van der Waals surface area (Å²) < 4.78 is 0. The van der Waals surface area contributed by atoms with E-state index in [2.05, 4.69) is 52.2 Å². The number of nitrogens with zero attached hydrogens (tertiary/aromatic N) is 2. The summed E-state index contributed by atoms with van der Waals surface area (Å²) in [5, 5.41) is 59.2. The predicted molar refractivity (Wildman–Crippen MR) is 194 cm³/mol. The third kappa shape index (κ3) is 10.9. The molecule has 267 valence electrons. The molecular formula is C40H46Cl2MnN2O4-6. The molecule has 0 atom stereocenters. The molecule has 0 aliphatic heterocycles. The van der Waals surface area contributed by atoms with E-state index in [1.807, 2.05) is 53.7 Å². The van der Waals surface area contributed by atoms with Gasteiger partial charge >= 0.3 is 0 Å². The predicted octanol–water partition coefficient (Wildman–Crippen LogP) is 10.8. The van der Waals surface area contributed by atoms with Crippen molar-refractivity contribution in [1.29, 1.82) is 0 Å². The average molecular weight is 745 g/mol. The molecule has 0 aliphatic carbocycles. The van der Waals surface area contributed by atoms with E-state index in [9.17, 15) is 20.4 Å². The fourth-order valence-electron chi connectivity index (χ4n) is 4.79. The third-order valence-electron chi connectivity index (χ3n) is 7.81. The van der Waals surface area contributed by atoms with E-state index in [1.54, 1.807) is 12.1 Å². The number of hydrogen-bond acceptors (Lipinski definition) is 4. The van der Waals surface area contributed by atoms with Crippen LogP contribution < -0.4 is 20.4 Å². The number of benzene rings is 4. The van der Waals surface area contributed by atoms with Crippen LogP contribution in [0.1, 0.15) is 105 Å². The Morgan fingerprint density at radius 1 is 0.429 bits per heavy atom. The van der Waals surface area contributed by atoms with Crippen molar-refractivity contribution in [2.45, 2.75) is 105 Å². The molecule has 0 unspecified atom stereocenters. The summed E-state index contributed by atoms with van der Waals surface area (Å²) in [4.78, 5) is 0. The van der Waals surface area contributed by atoms with Crippen molar-refractivity contribution in [3.63, 3.8) is 0 Å². The summed E-state index contributed by atoms with van der Waals surface area (Å²) in [5.74, 6) is -0.792. The van der Waals surface area contributed by atoms with Crippen molar-refractivity contribution in [2.75, 3.05) is 0 Å². The van der Waals surface area contributed by atoms with Gasteiger partial charge in [-0.3, -0.25) is 0 Å². The molecule has 0 heterocycles. The molecule has 49 heavy (non-hydrogen) atoms. The minimum absolute atomic E-state index is 0. The van der Waals surface area contributed by atoms with Crippen LogP contribution in [-0.4, -0.2) is 0 Å². The zero-order valence-corrected chi connectivity index (χ0v) is 33.1. The largest absolute Gasteiger partial charge is 0.873 e. The van der Waals surface area contributed by atoms with Gasteiger partial charge in [-0.2, -0.15) is 0 Å². The molecule has 0 aromatic heterocycles. The standard InChI is InChI=1S/2C20H25ClNO2.Mn/c2*1-19(2,3)12-9-14(20(4,5)6)18(24)16(10-12)22-15-11-13(21)7-8-17(15)23;/h2*7-11,23-24H,1-6H3;/q2*-1;/p-4. The van der Waals surface area contributed by atoms with Gasteiger partial charge in [0.25, 0.3) is 0 Å². The fourth-order valence-corrected chi connectivity index (χ4v) is 5.12. The molecule has 0 fully saturated rings. The molecule has 9 heteroatoms. The van der Waals surface area contributed by atoms with Gasteiger partial charge in [0.05, 0.1) is 0 Å². The van der Waals surface area contributed by atoms with Gasteiger partial charge in [-0.05, 0) is 44.9 Å². The van der Waals surface area contributed by atoms with E-state index in [-0.39, 0.29) is 84.5 Å². The first-order valence-electron chi connectivity index (χ1n) is 15.9. The Bertz CT molecular complexity index is 1650. The van der Waals surface area contributed by atoms with E-state index in [0.717, 1.165) is 11.1 Å². The smallest absolute Gasteiger partial charge is 0.0393 e. The fraction of sp³-hybridized carbons (Fsp3) is 0.400. The molecule has 0 N–H and O–H groups in total. The second-order valence-electron chi connectivity index (χ2n) is 16.2. The van der Waals surface area contributed by atoms with Crippen LogP contribution in [0.4, 0.5) is 22.7 Å². The van der Waals surface area contributed by atoms with Gasteiger partial charge in [0.15, 0.2) is 0 Å². The Balaban J connectivity index is 0.000000333. The second-order valence-corrected chi connectivity index (χ2v) is 17.1. The zero-order chi connectivity index (χ0) is 36.6. The first-order valence-corrected chi connectivity index (χ1v) is 16.6. The van der Waals surface area contributed by atoms with Gasteiger partial charge < -0.3 is 31.1 Å². The van der Waals surface area contributed by atoms with Crippen LogP contribution in [0.25, 0.3) is 10.6 Å². The SMILES string of the molecule is CC(C)(C)c1cc([N-]c2cc(Cl)ccc2[O-])c([O-])c(C(C)(C)C)c1.CC(C)(C)c1cc([N-]c2cc(Cl)ccc2[O-])c([O-])c(C(C)(C)C)c1.[Mn]. The Kier molecular flexibility index (Phi) is 13.1. The number of rotatable bonds is 4. The van der Waals surface area contributed by atoms with E-state index in [4.69, 9.17) is 23.2 Å². The zero-order valence-electron chi connectivity index (χ0n) is 30.4. The molecule has 1 radical (unpaired) electrons. The van der Waals surface area contributed by atoms with E-state index >= 15 is 0 Å². The van der Waals surface area contributed by atoms with Crippen molar-refractivity contribution in [2.24, 2.45) is 0 Å². The van der Waals surface area contributed by atoms with Gasteiger partial charge in [-0.25, -0.2) is 0 Å².